The summed E-state index contributed by atoms with van der Waals surface area (Å²) in [5.74, 6) is 1.21. The summed E-state index contributed by atoms with van der Waals surface area (Å²) in [7, 11) is 1.70. The molecule has 130 valence electrons. The van der Waals surface area contributed by atoms with Crippen molar-refractivity contribution in [3.8, 4) is 11.5 Å². The van der Waals surface area contributed by atoms with E-state index in [1.807, 2.05) is 30.5 Å². The van der Waals surface area contributed by atoms with Crippen LogP contribution in [0.4, 0.5) is 0 Å². The summed E-state index contributed by atoms with van der Waals surface area (Å²) < 4.78 is 5.46. The van der Waals surface area contributed by atoms with Gasteiger partial charge in [0.25, 0.3) is 0 Å². The Bertz CT molecular complexity index is 898. The fourth-order valence-electron chi connectivity index (χ4n) is 3.23. The molecule has 0 spiro atoms. The fraction of sp³-hybridized carbons (Fsp3) is 0.286. The highest BCUT2D eigenvalue weighted by Crippen LogP contribution is 2.25. The molecular formula is C21H23NO2S. The minimum Gasteiger partial charge on any atom is -0.508 e. The molecule has 4 heteroatoms. The van der Waals surface area contributed by atoms with Crippen molar-refractivity contribution in [2.24, 2.45) is 0 Å². The summed E-state index contributed by atoms with van der Waals surface area (Å²) in [5, 5.41) is 10.8. The summed E-state index contributed by atoms with van der Waals surface area (Å²) in [5.41, 5.74) is 4.68. The molecule has 0 atom stereocenters. The number of rotatable bonds is 7. The number of hydrogen-bond donors (Lipinski definition) is 2. The van der Waals surface area contributed by atoms with Gasteiger partial charge in [0.1, 0.15) is 11.5 Å². The highest BCUT2D eigenvalue weighted by Gasteiger charge is 2.10. The molecular weight excluding hydrogens is 330 g/mol. The number of thiocarbonyl (C=S) groups is 1. The van der Waals surface area contributed by atoms with E-state index in [9.17, 15) is 5.11 Å². The first kappa shape index (κ1) is 17.5. The lowest BCUT2D eigenvalue weighted by atomic mass is 9.99. The molecule has 0 saturated heterocycles. The Morgan fingerprint density at radius 1 is 1.24 bits per heavy atom. The topological polar surface area (TPSA) is 45.2 Å². The highest BCUT2D eigenvalue weighted by atomic mass is 32.1. The van der Waals surface area contributed by atoms with Gasteiger partial charge in [-0.15, -0.1) is 0 Å². The van der Waals surface area contributed by atoms with Crippen LogP contribution in [0.25, 0.3) is 10.9 Å². The number of methoxy groups -OCH3 is 1. The van der Waals surface area contributed by atoms with Crippen molar-refractivity contribution < 1.29 is 9.84 Å². The van der Waals surface area contributed by atoms with E-state index in [1.54, 1.807) is 13.2 Å². The van der Waals surface area contributed by atoms with Gasteiger partial charge in [-0.1, -0.05) is 24.4 Å². The maximum atomic E-state index is 9.68. The molecule has 3 rings (SSSR count). The van der Waals surface area contributed by atoms with Crippen LogP contribution in [-0.2, 0) is 12.8 Å². The van der Waals surface area contributed by atoms with Crippen molar-refractivity contribution in [1.82, 2.24) is 4.98 Å². The zero-order valence-electron chi connectivity index (χ0n) is 14.6. The number of aromatic hydroxyl groups is 1. The van der Waals surface area contributed by atoms with Gasteiger partial charge in [-0.2, -0.15) is 0 Å². The van der Waals surface area contributed by atoms with E-state index in [1.165, 1.54) is 16.7 Å². The number of fused-ring (bicyclic) bond motifs is 1. The zero-order chi connectivity index (χ0) is 17.8. The molecule has 0 aliphatic rings. The van der Waals surface area contributed by atoms with Gasteiger partial charge in [-0.3, -0.25) is 0 Å². The number of aromatic amines is 1. The van der Waals surface area contributed by atoms with Crippen molar-refractivity contribution in [3.05, 3.63) is 59.3 Å². The van der Waals surface area contributed by atoms with E-state index in [-0.39, 0.29) is 0 Å². The molecule has 0 aliphatic heterocycles. The Kier molecular flexibility index (Phi) is 5.39. The predicted octanol–water partition coefficient (Wildman–Crippen LogP) is 5.13. The molecule has 0 aliphatic carbocycles. The molecule has 3 nitrogen and oxygen atoms in total. The second-order valence-corrected chi connectivity index (χ2v) is 6.95. The van der Waals surface area contributed by atoms with Crippen LogP contribution in [0.15, 0.2) is 42.6 Å². The number of aryl methyl sites for hydroxylation is 2. The number of nitrogens with one attached hydrogen (secondary N) is 1. The average Bonchev–Trinajstić information content (AvgIpc) is 2.99. The van der Waals surface area contributed by atoms with E-state index < -0.39 is 0 Å². The van der Waals surface area contributed by atoms with Crippen molar-refractivity contribution >= 4 is 28.0 Å². The minimum atomic E-state index is 0.301. The summed E-state index contributed by atoms with van der Waals surface area (Å²) >= 11 is 5.61. The Morgan fingerprint density at radius 3 is 2.88 bits per heavy atom. The normalized spacial score (nSPS) is 11.0. The van der Waals surface area contributed by atoms with E-state index in [4.69, 9.17) is 17.0 Å². The molecule has 0 fully saturated rings. The Morgan fingerprint density at radius 2 is 2.08 bits per heavy atom. The number of benzene rings is 2. The van der Waals surface area contributed by atoms with Gasteiger partial charge in [0.05, 0.1) is 7.11 Å². The number of phenols is 1. The molecule has 2 N–H and O–H groups in total. The molecule has 1 heterocycles. The molecule has 25 heavy (non-hydrogen) atoms. The first-order chi connectivity index (χ1) is 12.1. The van der Waals surface area contributed by atoms with Gasteiger partial charge in [0.15, 0.2) is 0 Å². The molecule has 0 radical (unpaired) electrons. The van der Waals surface area contributed by atoms with Gasteiger partial charge >= 0.3 is 0 Å². The molecule has 0 unspecified atom stereocenters. The Hall–Kier alpha value is -2.33. The third-order valence-electron chi connectivity index (χ3n) is 4.61. The minimum absolute atomic E-state index is 0.301. The van der Waals surface area contributed by atoms with E-state index in [0.717, 1.165) is 47.2 Å². The van der Waals surface area contributed by atoms with Gasteiger partial charge in [-0.25, -0.2) is 0 Å². The number of H-pyrrole nitrogens is 1. The van der Waals surface area contributed by atoms with Crippen molar-refractivity contribution in [2.75, 3.05) is 7.11 Å². The smallest absolute Gasteiger partial charge is 0.122 e. The first-order valence-electron chi connectivity index (χ1n) is 8.51. The molecule has 0 bridgehead atoms. The van der Waals surface area contributed by atoms with Crippen LogP contribution in [0.5, 0.6) is 11.5 Å². The molecule has 0 saturated carbocycles. The lowest BCUT2D eigenvalue weighted by Crippen LogP contribution is -2.04. The average molecular weight is 353 g/mol. The summed E-state index contributed by atoms with van der Waals surface area (Å²) in [6, 6.07) is 11.5. The molecule has 0 amide bonds. The Balaban J connectivity index is 1.60. The lowest BCUT2D eigenvalue weighted by Gasteiger charge is -2.12. The number of phenolic OH excluding ortho intramolecular Hbond substituents is 1. The van der Waals surface area contributed by atoms with E-state index in [0.29, 0.717) is 5.75 Å². The van der Waals surface area contributed by atoms with Crippen LogP contribution in [0.1, 0.15) is 29.5 Å². The largest absolute Gasteiger partial charge is 0.508 e. The summed E-state index contributed by atoms with van der Waals surface area (Å²) in [4.78, 5) is 4.31. The van der Waals surface area contributed by atoms with Crippen LogP contribution in [0.2, 0.25) is 0 Å². The standard InChI is InChI=1S/C21H23NO2S/c1-14-5-3-8-21(24-2)18(14)12-17(25)7-4-6-15-13-22-20-10-9-16(23)11-19(15)20/h3,5,8-11,13,22-23H,4,6-7,12H2,1-2H3. The number of hydrogen-bond acceptors (Lipinski definition) is 3. The van der Waals surface area contributed by atoms with Crippen LogP contribution < -0.4 is 4.74 Å². The number of aromatic nitrogens is 1. The second kappa shape index (κ2) is 7.70. The van der Waals surface area contributed by atoms with Gasteiger partial charge < -0.3 is 14.8 Å². The third-order valence-corrected chi connectivity index (χ3v) is 4.96. The van der Waals surface area contributed by atoms with Crippen molar-refractivity contribution in [2.45, 2.75) is 32.6 Å². The first-order valence-corrected chi connectivity index (χ1v) is 8.92. The lowest BCUT2D eigenvalue weighted by molar-refractivity contribution is 0.410. The predicted molar refractivity (Wildman–Crippen MR) is 107 cm³/mol. The van der Waals surface area contributed by atoms with Gasteiger partial charge in [0, 0.05) is 29.1 Å². The van der Waals surface area contributed by atoms with E-state index >= 15 is 0 Å². The van der Waals surface area contributed by atoms with Crippen molar-refractivity contribution in [3.63, 3.8) is 0 Å². The number of ether oxygens (including phenoxy) is 1. The zero-order valence-corrected chi connectivity index (χ0v) is 15.5. The van der Waals surface area contributed by atoms with Gasteiger partial charge in [-0.05, 0) is 66.4 Å². The fourth-order valence-corrected chi connectivity index (χ4v) is 3.52. The maximum absolute atomic E-state index is 9.68. The highest BCUT2D eigenvalue weighted by molar-refractivity contribution is 7.80. The van der Waals surface area contributed by atoms with Gasteiger partial charge in [0.2, 0.25) is 0 Å². The second-order valence-electron chi connectivity index (χ2n) is 6.37. The quantitative estimate of drug-likeness (QED) is 0.579. The Labute approximate surface area is 153 Å². The maximum Gasteiger partial charge on any atom is 0.122 e. The molecule has 1 aromatic heterocycles. The van der Waals surface area contributed by atoms with Crippen LogP contribution in [0.3, 0.4) is 0 Å². The van der Waals surface area contributed by atoms with E-state index in [2.05, 4.69) is 18.0 Å². The van der Waals surface area contributed by atoms with Crippen molar-refractivity contribution in [1.29, 1.82) is 0 Å². The SMILES string of the molecule is COc1cccc(C)c1CC(=S)CCCc1c[nH]c2ccc(O)cc12. The third kappa shape index (κ3) is 4.02. The molecule has 2 aromatic carbocycles. The summed E-state index contributed by atoms with van der Waals surface area (Å²) in [6.07, 6.45) is 5.64. The monoisotopic (exact) mass is 353 g/mol. The summed E-state index contributed by atoms with van der Waals surface area (Å²) in [6.45, 7) is 2.10. The molecule has 3 aromatic rings. The van der Waals surface area contributed by atoms with Crippen LogP contribution >= 0.6 is 12.2 Å². The van der Waals surface area contributed by atoms with Crippen LogP contribution in [0, 0.1) is 6.92 Å². The van der Waals surface area contributed by atoms with Crippen LogP contribution in [-0.4, -0.2) is 22.1 Å².